The largest absolute Gasteiger partial charge is 0.393 e. The standard InChI is InChI=1S/C14H18N2O2/c1-16-13-5-3-2-4-11(13)12(8-14(16)18)15-9-6-10(17)7-9/h2-5,9-10,12,15,17H,6-8H2,1H3. The van der Waals surface area contributed by atoms with Crippen molar-refractivity contribution in [1.29, 1.82) is 0 Å². The Morgan fingerprint density at radius 2 is 2.06 bits per heavy atom. The number of nitrogens with one attached hydrogen (secondary N) is 1. The molecule has 1 aliphatic carbocycles. The lowest BCUT2D eigenvalue weighted by molar-refractivity contribution is -0.119. The molecule has 2 N–H and O–H groups in total. The molecule has 96 valence electrons. The average molecular weight is 246 g/mol. The fourth-order valence-electron chi connectivity index (χ4n) is 2.80. The van der Waals surface area contributed by atoms with Gasteiger partial charge in [-0.05, 0) is 24.5 Å². The monoisotopic (exact) mass is 246 g/mol. The van der Waals surface area contributed by atoms with Crippen molar-refractivity contribution >= 4 is 11.6 Å². The van der Waals surface area contributed by atoms with E-state index in [1.165, 1.54) is 5.56 Å². The number of carbonyl (C=O) groups is 1. The van der Waals surface area contributed by atoms with Gasteiger partial charge in [-0.15, -0.1) is 0 Å². The molecule has 1 amide bonds. The van der Waals surface area contributed by atoms with Crippen molar-refractivity contribution in [3.8, 4) is 0 Å². The van der Waals surface area contributed by atoms with Crippen molar-refractivity contribution in [2.24, 2.45) is 0 Å². The maximum Gasteiger partial charge on any atom is 0.228 e. The second-order valence-electron chi connectivity index (χ2n) is 5.26. The third-order valence-corrected chi connectivity index (χ3v) is 3.98. The van der Waals surface area contributed by atoms with Crippen LogP contribution in [0.3, 0.4) is 0 Å². The number of aliphatic hydroxyl groups is 1. The summed E-state index contributed by atoms with van der Waals surface area (Å²) in [6.45, 7) is 0. The molecule has 2 aliphatic rings. The van der Waals surface area contributed by atoms with E-state index in [4.69, 9.17) is 0 Å². The summed E-state index contributed by atoms with van der Waals surface area (Å²) in [6, 6.07) is 8.45. The molecule has 0 spiro atoms. The van der Waals surface area contributed by atoms with Gasteiger partial charge in [-0.3, -0.25) is 4.79 Å². The maximum absolute atomic E-state index is 12.0. The predicted octanol–water partition coefficient (Wildman–Crippen LogP) is 1.21. The van der Waals surface area contributed by atoms with Gasteiger partial charge in [-0.1, -0.05) is 18.2 Å². The summed E-state index contributed by atoms with van der Waals surface area (Å²) in [5, 5.41) is 12.8. The Labute approximate surface area is 107 Å². The van der Waals surface area contributed by atoms with Gasteiger partial charge >= 0.3 is 0 Å². The van der Waals surface area contributed by atoms with Crippen molar-refractivity contribution < 1.29 is 9.90 Å². The first-order valence-electron chi connectivity index (χ1n) is 6.44. The number of amides is 1. The third kappa shape index (κ3) is 1.91. The van der Waals surface area contributed by atoms with Crippen molar-refractivity contribution in [2.45, 2.75) is 37.5 Å². The van der Waals surface area contributed by atoms with Crippen LogP contribution in [0.5, 0.6) is 0 Å². The van der Waals surface area contributed by atoms with Crippen molar-refractivity contribution in [1.82, 2.24) is 5.32 Å². The quantitative estimate of drug-likeness (QED) is 0.824. The molecule has 0 bridgehead atoms. The second kappa shape index (κ2) is 4.37. The van der Waals surface area contributed by atoms with E-state index < -0.39 is 0 Å². The molecule has 1 aromatic carbocycles. The number of para-hydroxylation sites is 1. The molecule has 4 heteroatoms. The first kappa shape index (κ1) is 11.7. The van der Waals surface area contributed by atoms with Crippen molar-refractivity contribution in [3.63, 3.8) is 0 Å². The molecule has 1 fully saturated rings. The Balaban J connectivity index is 1.82. The molecule has 4 nitrogen and oxygen atoms in total. The van der Waals surface area contributed by atoms with Crippen LogP contribution in [-0.4, -0.2) is 30.2 Å². The van der Waals surface area contributed by atoms with Gasteiger partial charge in [-0.2, -0.15) is 0 Å². The Hall–Kier alpha value is -1.39. The fourth-order valence-corrected chi connectivity index (χ4v) is 2.80. The highest BCUT2D eigenvalue weighted by Gasteiger charge is 2.34. The summed E-state index contributed by atoms with van der Waals surface area (Å²) >= 11 is 0. The Bertz CT molecular complexity index is 469. The topological polar surface area (TPSA) is 52.6 Å². The summed E-state index contributed by atoms with van der Waals surface area (Å²) < 4.78 is 0. The lowest BCUT2D eigenvalue weighted by Gasteiger charge is -2.39. The molecule has 3 rings (SSSR count). The number of fused-ring (bicyclic) bond motifs is 1. The molecule has 1 unspecified atom stereocenters. The SMILES string of the molecule is CN1C(=O)CC(NC2CC(O)C2)c2ccccc21. The van der Waals surface area contributed by atoms with Gasteiger partial charge < -0.3 is 15.3 Å². The second-order valence-corrected chi connectivity index (χ2v) is 5.26. The predicted molar refractivity (Wildman–Crippen MR) is 69.4 cm³/mol. The smallest absolute Gasteiger partial charge is 0.228 e. The molecule has 0 saturated heterocycles. The van der Waals surface area contributed by atoms with E-state index in [-0.39, 0.29) is 18.1 Å². The summed E-state index contributed by atoms with van der Waals surface area (Å²) in [6.07, 6.45) is 1.92. The highest BCUT2D eigenvalue weighted by atomic mass is 16.3. The van der Waals surface area contributed by atoms with Crippen LogP contribution >= 0.6 is 0 Å². The first-order chi connectivity index (χ1) is 8.65. The van der Waals surface area contributed by atoms with E-state index in [9.17, 15) is 9.90 Å². The Kier molecular flexibility index (Phi) is 2.84. The number of hydrogen-bond donors (Lipinski definition) is 2. The number of aliphatic hydroxyl groups excluding tert-OH is 1. The van der Waals surface area contributed by atoms with Crippen LogP contribution < -0.4 is 10.2 Å². The maximum atomic E-state index is 12.0. The number of rotatable bonds is 2. The van der Waals surface area contributed by atoms with Gasteiger partial charge in [-0.25, -0.2) is 0 Å². The molecular formula is C14H18N2O2. The Morgan fingerprint density at radius 3 is 2.78 bits per heavy atom. The van der Waals surface area contributed by atoms with E-state index in [1.807, 2.05) is 25.2 Å². The van der Waals surface area contributed by atoms with E-state index in [1.54, 1.807) is 4.90 Å². The highest BCUT2D eigenvalue weighted by molar-refractivity contribution is 5.96. The van der Waals surface area contributed by atoms with Gasteiger partial charge in [0.05, 0.1) is 6.10 Å². The number of benzene rings is 1. The van der Waals surface area contributed by atoms with Gasteiger partial charge in [0, 0.05) is 31.2 Å². The molecule has 18 heavy (non-hydrogen) atoms. The van der Waals surface area contributed by atoms with Gasteiger partial charge in [0.25, 0.3) is 0 Å². The average Bonchev–Trinajstić information content (AvgIpc) is 2.33. The molecule has 1 saturated carbocycles. The van der Waals surface area contributed by atoms with Gasteiger partial charge in [0.1, 0.15) is 0 Å². The zero-order chi connectivity index (χ0) is 12.7. The van der Waals surface area contributed by atoms with E-state index in [2.05, 4.69) is 11.4 Å². The number of anilines is 1. The number of hydrogen-bond acceptors (Lipinski definition) is 3. The van der Waals surface area contributed by atoms with Crippen molar-refractivity contribution in [3.05, 3.63) is 29.8 Å². The van der Waals surface area contributed by atoms with Crippen molar-refractivity contribution in [2.75, 3.05) is 11.9 Å². The van der Waals surface area contributed by atoms with E-state index in [0.29, 0.717) is 12.5 Å². The van der Waals surface area contributed by atoms with Crippen LogP contribution in [-0.2, 0) is 4.79 Å². The number of carbonyl (C=O) groups excluding carboxylic acids is 1. The first-order valence-corrected chi connectivity index (χ1v) is 6.44. The summed E-state index contributed by atoms with van der Waals surface area (Å²) in [5.74, 6) is 0.145. The van der Waals surface area contributed by atoms with Crippen LogP contribution in [0.2, 0.25) is 0 Å². The van der Waals surface area contributed by atoms with Crippen LogP contribution in [0.1, 0.15) is 30.9 Å². The summed E-state index contributed by atoms with van der Waals surface area (Å²) in [4.78, 5) is 13.7. The number of nitrogens with zero attached hydrogens (tertiary/aromatic N) is 1. The lowest BCUT2D eigenvalue weighted by atomic mass is 9.87. The van der Waals surface area contributed by atoms with E-state index in [0.717, 1.165) is 18.5 Å². The molecule has 0 radical (unpaired) electrons. The van der Waals surface area contributed by atoms with Crippen LogP contribution in [0.15, 0.2) is 24.3 Å². The van der Waals surface area contributed by atoms with Crippen LogP contribution in [0.4, 0.5) is 5.69 Å². The van der Waals surface area contributed by atoms with E-state index >= 15 is 0 Å². The zero-order valence-corrected chi connectivity index (χ0v) is 10.5. The molecular weight excluding hydrogens is 228 g/mol. The minimum Gasteiger partial charge on any atom is -0.393 e. The normalized spacial score (nSPS) is 30.9. The lowest BCUT2D eigenvalue weighted by Crippen LogP contribution is -2.48. The molecule has 1 atom stereocenters. The minimum absolute atomic E-state index is 0.0856. The fraction of sp³-hybridized carbons (Fsp3) is 0.500. The van der Waals surface area contributed by atoms with Crippen LogP contribution in [0, 0.1) is 0 Å². The van der Waals surface area contributed by atoms with Gasteiger partial charge in [0.2, 0.25) is 5.91 Å². The van der Waals surface area contributed by atoms with Gasteiger partial charge in [0.15, 0.2) is 0 Å². The third-order valence-electron chi connectivity index (χ3n) is 3.98. The molecule has 0 aromatic heterocycles. The minimum atomic E-state index is -0.167. The zero-order valence-electron chi connectivity index (χ0n) is 10.5. The molecule has 1 aromatic rings. The van der Waals surface area contributed by atoms with Crippen LogP contribution in [0.25, 0.3) is 0 Å². The summed E-state index contributed by atoms with van der Waals surface area (Å²) in [5.41, 5.74) is 2.17. The Morgan fingerprint density at radius 1 is 1.33 bits per heavy atom. The highest BCUT2D eigenvalue weighted by Crippen LogP contribution is 2.35. The molecule has 1 aliphatic heterocycles. The molecule has 1 heterocycles. The summed E-state index contributed by atoms with van der Waals surface area (Å²) in [7, 11) is 1.82.